The van der Waals surface area contributed by atoms with Crippen LogP contribution in [0.5, 0.6) is 0 Å². The van der Waals surface area contributed by atoms with Crippen LogP contribution >= 0.6 is 0 Å². The van der Waals surface area contributed by atoms with Gasteiger partial charge >= 0.3 is 0 Å². The normalized spacial score (nSPS) is 40.6. The van der Waals surface area contributed by atoms with Gasteiger partial charge in [0.25, 0.3) is 0 Å². The maximum Gasteiger partial charge on any atom is 0.169 e. The second kappa shape index (κ2) is 16.1. The first-order chi connectivity index (χ1) is 23.3. The Morgan fingerprint density at radius 2 is 0.958 bits per heavy atom. The lowest BCUT2D eigenvalue weighted by atomic mass is 9.92. The highest BCUT2D eigenvalue weighted by atomic mass is 19.1. The summed E-state index contributed by atoms with van der Waals surface area (Å²) in [6.07, 6.45) is 29.4. The zero-order valence-electron chi connectivity index (χ0n) is 29.0. The van der Waals surface area contributed by atoms with Crippen molar-refractivity contribution in [3.8, 4) is 6.07 Å². The molecule has 48 heavy (non-hydrogen) atoms. The minimum atomic E-state index is -0.853. The predicted molar refractivity (Wildman–Crippen MR) is 178 cm³/mol. The molecular formula is C39H57F2NO6. The maximum absolute atomic E-state index is 13.2. The van der Waals surface area contributed by atoms with E-state index in [0.717, 1.165) is 44.9 Å². The Labute approximate surface area is 286 Å². The van der Waals surface area contributed by atoms with Crippen LogP contribution in [0.1, 0.15) is 129 Å². The highest BCUT2D eigenvalue weighted by molar-refractivity contribution is 5.09. The van der Waals surface area contributed by atoms with Crippen LogP contribution in [-0.4, -0.2) is 66.3 Å². The van der Waals surface area contributed by atoms with Crippen molar-refractivity contribution in [2.75, 3.05) is 0 Å². The zero-order chi connectivity index (χ0) is 33.6. The molecule has 7 nitrogen and oxygen atoms in total. The van der Waals surface area contributed by atoms with Gasteiger partial charge in [0.15, 0.2) is 17.4 Å². The fourth-order valence-corrected chi connectivity index (χ4v) is 8.98. The molecule has 3 saturated heterocycles. The average molecular weight is 674 g/mol. The SMILES string of the molecule is CC#N.C[C@H]1C=CC[C@@H]2OC3(CCCCC3)O[C@@H]21.F[C@@H]1C=C[C@H]2OC3(CCCCC3)O[C@H]2C1.F[C@H]1C=C[C@H]2OC3(CCCCC3)O[C@H]2C1. The molecule has 0 amide bonds. The number of rotatable bonds is 0. The van der Waals surface area contributed by atoms with E-state index in [4.69, 9.17) is 33.7 Å². The number of hydrogen-bond acceptors (Lipinski definition) is 7. The highest BCUT2D eigenvalue weighted by Gasteiger charge is 2.51. The summed E-state index contributed by atoms with van der Waals surface area (Å²) in [5.74, 6) is -0.428. The molecule has 0 radical (unpaired) electrons. The van der Waals surface area contributed by atoms with Gasteiger partial charge in [-0.2, -0.15) is 5.26 Å². The first-order valence-corrected chi connectivity index (χ1v) is 18.9. The molecule has 9 rings (SSSR count). The third-order valence-electron chi connectivity index (χ3n) is 11.4. The van der Waals surface area contributed by atoms with Crippen LogP contribution in [0.3, 0.4) is 0 Å². The van der Waals surface area contributed by atoms with E-state index in [2.05, 4.69) is 19.1 Å². The minimum absolute atomic E-state index is 0.00454. The Bertz CT molecular complexity index is 1110. The lowest BCUT2D eigenvalue weighted by Crippen LogP contribution is -2.34. The van der Waals surface area contributed by atoms with Crippen molar-refractivity contribution in [3.63, 3.8) is 0 Å². The maximum atomic E-state index is 13.2. The minimum Gasteiger partial charge on any atom is -0.344 e. The third-order valence-corrected chi connectivity index (χ3v) is 11.4. The van der Waals surface area contributed by atoms with Gasteiger partial charge in [0.1, 0.15) is 24.6 Å². The molecule has 3 saturated carbocycles. The average Bonchev–Trinajstić information content (AvgIpc) is 3.73. The van der Waals surface area contributed by atoms with Crippen LogP contribution in [-0.2, 0) is 28.4 Å². The summed E-state index contributed by atoms with van der Waals surface area (Å²) in [4.78, 5) is 0. The number of alkyl halides is 2. The predicted octanol–water partition coefficient (Wildman–Crippen LogP) is 9.01. The lowest BCUT2D eigenvalue weighted by Gasteiger charge is -2.32. The van der Waals surface area contributed by atoms with Gasteiger partial charge in [-0.1, -0.05) is 62.6 Å². The van der Waals surface area contributed by atoms with E-state index in [9.17, 15) is 8.78 Å². The van der Waals surface area contributed by atoms with Crippen LogP contribution in [0.15, 0.2) is 36.5 Å². The van der Waals surface area contributed by atoms with Crippen molar-refractivity contribution in [2.24, 2.45) is 5.92 Å². The standard InChI is InChI=1S/C13H20O2.2C12H17FO2.C2H3N/c1-10-6-5-7-11-12(10)15-13(14-11)8-3-2-4-9-13;2*13-9-4-5-10-11(8-9)15-12(14-10)6-2-1-3-7-12;1-2-3/h5-6,10-12H,2-4,7-9H2,1H3;2*4-5,9-11H,1-3,6-8H2;1H3/t10-,11-,12+;9-,10+,11-;9-,10-,11+;/m001./s1. The molecule has 9 heteroatoms. The Balaban J connectivity index is 0.000000120. The van der Waals surface area contributed by atoms with Crippen LogP contribution < -0.4 is 0 Å². The Morgan fingerprint density at radius 1 is 0.562 bits per heavy atom. The van der Waals surface area contributed by atoms with Gasteiger partial charge in [0, 0.05) is 64.2 Å². The fourth-order valence-electron chi connectivity index (χ4n) is 8.98. The summed E-state index contributed by atoms with van der Waals surface area (Å²) in [7, 11) is 0. The van der Waals surface area contributed by atoms with E-state index in [-0.39, 0.29) is 41.8 Å². The van der Waals surface area contributed by atoms with E-state index in [1.807, 2.05) is 12.2 Å². The Hall–Kier alpha value is -1.67. The number of halogens is 2. The van der Waals surface area contributed by atoms with Crippen molar-refractivity contribution < 1.29 is 37.2 Å². The molecule has 3 spiro atoms. The Morgan fingerprint density at radius 3 is 1.38 bits per heavy atom. The topological polar surface area (TPSA) is 79.2 Å². The van der Waals surface area contributed by atoms with E-state index in [0.29, 0.717) is 31.0 Å². The van der Waals surface area contributed by atoms with Gasteiger partial charge in [-0.3, -0.25) is 0 Å². The van der Waals surface area contributed by atoms with Gasteiger partial charge in [0.2, 0.25) is 0 Å². The first kappa shape index (κ1) is 36.1. The molecular weight excluding hydrogens is 616 g/mol. The van der Waals surface area contributed by atoms with E-state index >= 15 is 0 Å². The number of nitriles is 1. The van der Waals surface area contributed by atoms with Crippen molar-refractivity contribution >= 4 is 0 Å². The molecule has 0 aromatic rings. The van der Waals surface area contributed by atoms with Gasteiger partial charge in [-0.15, -0.1) is 0 Å². The highest BCUT2D eigenvalue weighted by Crippen LogP contribution is 2.46. The molecule has 0 aromatic carbocycles. The number of nitrogens with zero attached hydrogens (tertiary/aromatic N) is 1. The molecule has 9 aliphatic rings. The van der Waals surface area contributed by atoms with Crippen LogP contribution in [0.2, 0.25) is 0 Å². The summed E-state index contributed by atoms with van der Waals surface area (Å²) in [5, 5.41) is 7.32. The molecule has 6 fully saturated rings. The first-order valence-electron chi connectivity index (χ1n) is 18.9. The van der Waals surface area contributed by atoms with Gasteiger partial charge in [0.05, 0.1) is 30.5 Å². The summed E-state index contributed by atoms with van der Waals surface area (Å²) in [6, 6.07) is 1.75. The quantitative estimate of drug-likeness (QED) is 0.238. The van der Waals surface area contributed by atoms with E-state index in [1.54, 1.807) is 18.2 Å². The van der Waals surface area contributed by atoms with Crippen molar-refractivity contribution in [2.45, 2.75) is 196 Å². The van der Waals surface area contributed by atoms with E-state index in [1.165, 1.54) is 64.7 Å². The largest absolute Gasteiger partial charge is 0.344 e. The van der Waals surface area contributed by atoms with Crippen molar-refractivity contribution in [1.29, 1.82) is 5.26 Å². The molecule has 0 aromatic heterocycles. The molecule has 268 valence electrons. The van der Waals surface area contributed by atoms with Crippen LogP contribution in [0.25, 0.3) is 0 Å². The Kier molecular flexibility index (Phi) is 12.1. The monoisotopic (exact) mass is 673 g/mol. The molecule has 9 atom stereocenters. The summed E-state index contributed by atoms with van der Waals surface area (Å²) < 4.78 is 62.6. The van der Waals surface area contributed by atoms with Crippen LogP contribution in [0.4, 0.5) is 8.78 Å². The lowest BCUT2D eigenvalue weighted by molar-refractivity contribution is -0.195. The molecule has 3 aliphatic heterocycles. The number of ether oxygens (including phenoxy) is 6. The summed E-state index contributed by atoms with van der Waals surface area (Å²) >= 11 is 0. The smallest absolute Gasteiger partial charge is 0.169 e. The van der Waals surface area contributed by atoms with E-state index < -0.39 is 12.3 Å². The molecule has 3 heterocycles. The number of allylic oxidation sites excluding steroid dienone is 2. The molecule has 6 aliphatic carbocycles. The van der Waals surface area contributed by atoms with Crippen LogP contribution in [0, 0.1) is 17.2 Å². The zero-order valence-corrected chi connectivity index (χ0v) is 29.0. The number of hydrogen-bond donors (Lipinski definition) is 0. The second-order valence-corrected chi connectivity index (χ2v) is 15.2. The fraction of sp³-hybridized carbons (Fsp3) is 0.821. The third kappa shape index (κ3) is 8.61. The summed E-state index contributed by atoms with van der Waals surface area (Å²) in [6.45, 7) is 3.67. The van der Waals surface area contributed by atoms with Gasteiger partial charge < -0.3 is 28.4 Å². The van der Waals surface area contributed by atoms with Gasteiger partial charge in [-0.05, 0) is 44.9 Å². The second-order valence-electron chi connectivity index (χ2n) is 15.2. The van der Waals surface area contributed by atoms with Crippen molar-refractivity contribution in [3.05, 3.63) is 36.5 Å². The van der Waals surface area contributed by atoms with Crippen molar-refractivity contribution in [1.82, 2.24) is 0 Å². The number of fused-ring (bicyclic) bond motifs is 3. The molecule has 0 N–H and O–H groups in total. The molecule has 0 unspecified atom stereocenters. The molecule has 0 bridgehead atoms. The van der Waals surface area contributed by atoms with Gasteiger partial charge in [-0.25, -0.2) is 8.78 Å². The summed E-state index contributed by atoms with van der Waals surface area (Å²) in [5.41, 5.74) is 0.